The van der Waals surface area contributed by atoms with E-state index in [0.717, 1.165) is 12.8 Å². The van der Waals surface area contributed by atoms with E-state index in [2.05, 4.69) is 24.3 Å². The summed E-state index contributed by atoms with van der Waals surface area (Å²) in [6, 6.07) is 0. The smallest absolute Gasteiger partial charge is 0.0688 e. The Kier molecular flexibility index (Phi) is 2.50. The van der Waals surface area contributed by atoms with Gasteiger partial charge in [-0.25, -0.2) is 0 Å². The fraction of sp³-hybridized carbons (Fsp3) is 0.600. The van der Waals surface area contributed by atoms with Crippen molar-refractivity contribution in [3.05, 3.63) is 24.3 Å². The van der Waals surface area contributed by atoms with E-state index in [-0.39, 0.29) is 5.92 Å². The minimum absolute atomic E-state index is 0.185. The summed E-state index contributed by atoms with van der Waals surface area (Å²) < 4.78 is 0. The summed E-state index contributed by atoms with van der Waals surface area (Å²) in [5.41, 5.74) is -0.614. The molecule has 0 amide bonds. The van der Waals surface area contributed by atoms with Crippen LogP contribution in [-0.2, 0) is 0 Å². The fourth-order valence-electron chi connectivity index (χ4n) is 1.21. The number of aliphatic hydroxyl groups is 1. The summed E-state index contributed by atoms with van der Waals surface area (Å²) in [6.45, 7) is 3.69. The molecule has 1 N–H and O–H groups in total. The number of hydrogen-bond donors (Lipinski definition) is 1. The molecule has 62 valence electrons. The fourth-order valence-corrected chi connectivity index (χ4v) is 1.21. The Balaban J connectivity index is 2.69. The molecule has 1 rings (SSSR count). The molecule has 0 bridgehead atoms. The van der Waals surface area contributed by atoms with Gasteiger partial charge >= 0.3 is 0 Å². The number of rotatable bonds is 1. The SMILES string of the molecule is CC(C)(O)C1C=CCCC=C1. The van der Waals surface area contributed by atoms with E-state index in [0.29, 0.717) is 0 Å². The van der Waals surface area contributed by atoms with Crippen molar-refractivity contribution in [3.8, 4) is 0 Å². The zero-order valence-electron chi connectivity index (χ0n) is 7.25. The van der Waals surface area contributed by atoms with Gasteiger partial charge in [0.15, 0.2) is 0 Å². The summed E-state index contributed by atoms with van der Waals surface area (Å²) >= 11 is 0. The summed E-state index contributed by atoms with van der Waals surface area (Å²) in [5, 5.41) is 9.66. The topological polar surface area (TPSA) is 20.2 Å². The van der Waals surface area contributed by atoms with E-state index in [4.69, 9.17) is 0 Å². The Hall–Kier alpha value is -0.560. The van der Waals surface area contributed by atoms with Crippen molar-refractivity contribution in [1.82, 2.24) is 0 Å². The van der Waals surface area contributed by atoms with Crippen LogP contribution in [0.25, 0.3) is 0 Å². The van der Waals surface area contributed by atoms with Gasteiger partial charge in [-0.3, -0.25) is 0 Å². The van der Waals surface area contributed by atoms with Gasteiger partial charge in [0.2, 0.25) is 0 Å². The quantitative estimate of drug-likeness (QED) is 0.571. The maximum atomic E-state index is 9.66. The van der Waals surface area contributed by atoms with Crippen LogP contribution < -0.4 is 0 Å². The molecule has 11 heavy (non-hydrogen) atoms. The second-order valence-corrected chi connectivity index (χ2v) is 3.61. The van der Waals surface area contributed by atoms with Crippen molar-refractivity contribution in [2.75, 3.05) is 0 Å². The lowest BCUT2D eigenvalue weighted by atomic mass is 9.91. The highest BCUT2D eigenvalue weighted by molar-refractivity contribution is 5.09. The van der Waals surface area contributed by atoms with Crippen LogP contribution in [0.1, 0.15) is 26.7 Å². The maximum absolute atomic E-state index is 9.66. The standard InChI is InChI=1S/C10H16O/c1-10(2,11)9-7-5-3-4-6-8-9/h5-9,11H,3-4H2,1-2H3. The van der Waals surface area contributed by atoms with Gasteiger partial charge in [0.05, 0.1) is 5.60 Å². The average molecular weight is 152 g/mol. The minimum atomic E-state index is -0.614. The molecule has 0 fully saturated rings. The summed E-state index contributed by atoms with van der Waals surface area (Å²) in [7, 11) is 0. The number of hydrogen-bond acceptors (Lipinski definition) is 1. The lowest BCUT2D eigenvalue weighted by Crippen LogP contribution is -2.27. The largest absolute Gasteiger partial charge is 0.390 e. The molecule has 0 radical (unpaired) electrons. The van der Waals surface area contributed by atoms with E-state index in [1.165, 1.54) is 0 Å². The highest BCUT2D eigenvalue weighted by Gasteiger charge is 2.21. The van der Waals surface area contributed by atoms with Gasteiger partial charge in [-0.05, 0) is 26.7 Å². The highest BCUT2D eigenvalue weighted by atomic mass is 16.3. The molecular weight excluding hydrogens is 136 g/mol. The van der Waals surface area contributed by atoms with Crippen molar-refractivity contribution in [2.24, 2.45) is 5.92 Å². The van der Waals surface area contributed by atoms with Gasteiger partial charge in [0, 0.05) is 5.92 Å². The molecule has 1 aliphatic carbocycles. The average Bonchev–Trinajstić information content (AvgIpc) is 2.10. The Labute approximate surface area is 68.4 Å². The molecule has 0 saturated carbocycles. The molecule has 0 unspecified atom stereocenters. The maximum Gasteiger partial charge on any atom is 0.0688 e. The zero-order chi connectivity index (χ0) is 8.32. The van der Waals surface area contributed by atoms with Gasteiger partial charge < -0.3 is 5.11 Å². The van der Waals surface area contributed by atoms with Crippen molar-refractivity contribution >= 4 is 0 Å². The molecule has 0 aromatic heterocycles. The van der Waals surface area contributed by atoms with Gasteiger partial charge in [-0.2, -0.15) is 0 Å². The van der Waals surface area contributed by atoms with Crippen LogP contribution in [0.5, 0.6) is 0 Å². The summed E-state index contributed by atoms with van der Waals surface area (Å²) in [6.07, 6.45) is 10.7. The van der Waals surface area contributed by atoms with E-state index in [1.54, 1.807) is 0 Å². The third-order valence-corrected chi connectivity index (χ3v) is 2.00. The second kappa shape index (κ2) is 3.22. The number of allylic oxidation sites excluding steroid dienone is 2. The molecule has 1 heteroatoms. The molecule has 0 aliphatic heterocycles. The molecule has 0 heterocycles. The van der Waals surface area contributed by atoms with Crippen LogP contribution in [0.2, 0.25) is 0 Å². The predicted octanol–water partition coefficient (Wildman–Crippen LogP) is 2.28. The second-order valence-electron chi connectivity index (χ2n) is 3.61. The Morgan fingerprint density at radius 2 is 1.64 bits per heavy atom. The van der Waals surface area contributed by atoms with Gasteiger partial charge in [-0.1, -0.05) is 24.3 Å². The third-order valence-electron chi connectivity index (χ3n) is 2.00. The first-order valence-electron chi connectivity index (χ1n) is 4.16. The van der Waals surface area contributed by atoms with E-state index in [1.807, 2.05) is 13.8 Å². The molecule has 0 saturated heterocycles. The normalized spacial score (nSPS) is 20.3. The summed E-state index contributed by atoms with van der Waals surface area (Å²) in [5.74, 6) is 0.185. The monoisotopic (exact) mass is 152 g/mol. The predicted molar refractivity (Wildman–Crippen MR) is 47.3 cm³/mol. The molecule has 0 atom stereocenters. The van der Waals surface area contributed by atoms with Crippen molar-refractivity contribution in [3.63, 3.8) is 0 Å². The first-order valence-corrected chi connectivity index (χ1v) is 4.16. The molecule has 0 aromatic carbocycles. The van der Waals surface area contributed by atoms with Crippen molar-refractivity contribution in [2.45, 2.75) is 32.3 Å². The molecule has 1 aliphatic rings. The minimum Gasteiger partial charge on any atom is -0.390 e. The lowest BCUT2D eigenvalue weighted by Gasteiger charge is -2.23. The van der Waals surface area contributed by atoms with E-state index in [9.17, 15) is 5.11 Å². The third kappa shape index (κ3) is 2.51. The van der Waals surface area contributed by atoms with Crippen LogP contribution in [0.3, 0.4) is 0 Å². The zero-order valence-corrected chi connectivity index (χ0v) is 7.25. The first-order chi connectivity index (χ1) is 5.11. The first kappa shape index (κ1) is 8.54. The molecular formula is C10H16O. The Morgan fingerprint density at radius 3 is 2.00 bits per heavy atom. The van der Waals surface area contributed by atoms with Crippen LogP contribution in [0.4, 0.5) is 0 Å². The Morgan fingerprint density at radius 1 is 1.18 bits per heavy atom. The van der Waals surface area contributed by atoms with Crippen LogP contribution in [0, 0.1) is 5.92 Å². The van der Waals surface area contributed by atoms with Crippen LogP contribution in [-0.4, -0.2) is 10.7 Å². The van der Waals surface area contributed by atoms with Gasteiger partial charge in [0.1, 0.15) is 0 Å². The summed E-state index contributed by atoms with van der Waals surface area (Å²) in [4.78, 5) is 0. The molecule has 0 aromatic rings. The van der Waals surface area contributed by atoms with Crippen molar-refractivity contribution in [1.29, 1.82) is 0 Å². The Bertz CT molecular complexity index is 158. The van der Waals surface area contributed by atoms with Gasteiger partial charge in [-0.15, -0.1) is 0 Å². The van der Waals surface area contributed by atoms with Gasteiger partial charge in [0.25, 0.3) is 0 Å². The van der Waals surface area contributed by atoms with Crippen LogP contribution >= 0.6 is 0 Å². The van der Waals surface area contributed by atoms with Crippen molar-refractivity contribution < 1.29 is 5.11 Å². The molecule has 0 spiro atoms. The lowest BCUT2D eigenvalue weighted by molar-refractivity contribution is 0.0545. The highest BCUT2D eigenvalue weighted by Crippen LogP contribution is 2.21. The van der Waals surface area contributed by atoms with E-state index < -0.39 is 5.60 Å². The van der Waals surface area contributed by atoms with Crippen LogP contribution in [0.15, 0.2) is 24.3 Å². The molecule has 1 nitrogen and oxygen atoms in total. The van der Waals surface area contributed by atoms with E-state index >= 15 is 0 Å².